The largest absolute Gasteiger partial charge is 0.487 e. The molecule has 0 saturated carbocycles. The lowest BCUT2D eigenvalue weighted by Gasteiger charge is -2.16. The van der Waals surface area contributed by atoms with Crippen LogP contribution in [0.3, 0.4) is 0 Å². The molecule has 3 rings (SSSR count). The van der Waals surface area contributed by atoms with Crippen LogP contribution in [0.15, 0.2) is 54.6 Å². The van der Waals surface area contributed by atoms with Gasteiger partial charge in [0.25, 0.3) is 0 Å². The van der Waals surface area contributed by atoms with Gasteiger partial charge < -0.3 is 15.2 Å². The highest BCUT2D eigenvalue weighted by molar-refractivity contribution is 6.35. The van der Waals surface area contributed by atoms with Crippen LogP contribution < -0.4 is 10.1 Å². The molecule has 29 heavy (non-hydrogen) atoms. The summed E-state index contributed by atoms with van der Waals surface area (Å²) in [6.07, 6.45) is 0. The molecule has 0 unspecified atom stereocenters. The quantitative estimate of drug-likeness (QED) is 0.449. The molecule has 0 saturated heterocycles. The average Bonchev–Trinajstić information content (AvgIpc) is 2.67. The second-order valence-corrected chi connectivity index (χ2v) is 7.68. The Morgan fingerprint density at radius 3 is 2.41 bits per heavy atom. The average molecular weight is 430 g/mol. The number of nitrogens with one attached hydrogen (secondary N) is 1. The van der Waals surface area contributed by atoms with Crippen LogP contribution in [-0.4, -0.2) is 11.1 Å². The van der Waals surface area contributed by atoms with E-state index in [-0.39, 0.29) is 5.56 Å². The Bertz CT molecular complexity index is 1030. The fourth-order valence-electron chi connectivity index (χ4n) is 2.93. The van der Waals surface area contributed by atoms with Crippen LogP contribution in [-0.2, 0) is 13.2 Å². The van der Waals surface area contributed by atoms with E-state index < -0.39 is 5.97 Å². The van der Waals surface area contributed by atoms with Gasteiger partial charge in [0.05, 0.1) is 10.6 Å². The van der Waals surface area contributed by atoms with Crippen molar-refractivity contribution in [3.8, 4) is 5.75 Å². The highest BCUT2D eigenvalue weighted by Gasteiger charge is 2.12. The van der Waals surface area contributed by atoms with Gasteiger partial charge in [-0.25, -0.2) is 4.79 Å². The van der Waals surface area contributed by atoms with Crippen molar-refractivity contribution >= 4 is 34.9 Å². The molecule has 3 aromatic rings. The molecule has 0 atom stereocenters. The maximum Gasteiger partial charge on any atom is 0.335 e. The first-order valence-corrected chi connectivity index (χ1v) is 9.83. The summed E-state index contributed by atoms with van der Waals surface area (Å²) in [4.78, 5) is 11.1. The number of aryl methyl sites for hydroxylation is 2. The van der Waals surface area contributed by atoms with Crippen LogP contribution in [0.1, 0.15) is 32.6 Å². The van der Waals surface area contributed by atoms with Crippen LogP contribution in [0.5, 0.6) is 5.75 Å². The Labute approximate surface area is 180 Å². The van der Waals surface area contributed by atoms with E-state index in [1.54, 1.807) is 24.3 Å². The van der Waals surface area contributed by atoms with Crippen molar-refractivity contribution < 1.29 is 14.6 Å². The van der Waals surface area contributed by atoms with E-state index in [1.165, 1.54) is 5.56 Å². The van der Waals surface area contributed by atoms with Crippen molar-refractivity contribution in [2.45, 2.75) is 27.0 Å². The third-order valence-electron chi connectivity index (χ3n) is 4.53. The first kappa shape index (κ1) is 21.0. The van der Waals surface area contributed by atoms with Gasteiger partial charge in [0.15, 0.2) is 0 Å². The molecule has 0 heterocycles. The van der Waals surface area contributed by atoms with Gasteiger partial charge in [-0.1, -0.05) is 53.0 Å². The van der Waals surface area contributed by atoms with Gasteiger partial charge in [-0.15, -0.1) is 0 Å². The van der Waals surface area contributed by atoms with Crippen molar-refractivity contribution in [1.82, 2.24) is 0 Å². The molecule has 0 amide bonds. The minimum atomic E-state index is -0.951. The molecule has 0 aliphatic carbocycles. The van der Waals surface area contributed by atoms with Gasteiger partial charge in [-0.05, 0) is 55.3 Å². The predicted octanol–water partition coefficient (Wildman–Crippen LogP) is 6.50. The summed E-state index contributed by atoms with van der Waals surface area (Å²) in [6.45, 7) is 4.71. The fraction of sp³-hybridized carbons (Fsp3) is 0.174. The molecular formula is C23H21Cl2NO3. The first-order valence-electron chi connectivity index (χ1n) is 9.07. The number of hydrogen-bond acceptors (Lipinski definition) is 3. The van der Waals surface area contributed by atoms with Gasteiger partial charge in [-0.3, -0.25) is 0 Å². The van der Waals surface area contributed by atoms with Gasteiger partial charge in [-0.2, -0.15) is 0 Å². The summed E-state index contributed by atoms with van der Waals surface area (Å²) in [5.74, 6) is -0.378. The maximum atomic E-state index is 11.1. The van der Waals surface area contributed by atoms with Crippen LogP contribution in [0.25, 0.3) is 0 Å². The van der Waals surface area contributed by atoms with Crippen LogP contribution >= 0.6 is 23.2 Å². The van der Waals surface area contributed by atoms with E-state index in [1.807, 2.05) is 44.2 Å². The lowest BCUT2D eigenvalue weighted by atomic mass is 10.1. The molecule has 2 N–H and O–H groups in total. The molecule has 0 spiro atoms. The summed E-state index contributed by atoms with van der Waals surface area (Å²) in [5.41, 5.74) is 4.96. The second-order valence-electron chi connectivity index (χ2n) is 6.84. The lowest BCUT2D eigenvalue weighted by Crippen LogP contribution is -2.06. The van der Waals surface area contributed by atoms with E-state index in [0.717, 1.165) is 22.4 Å². The zero-order valence-electron chi connectivity index (χ0n) is 16.1. The number of benzene rings is 3. The minimum absolute atomic E-state index is 0.251. The van der Waals surface area contributed by atoms with E-state index >= 15 is 0 Å². The predicted molar refractivity (Wildman–Crippen MR) is 117 cm³/mol. The molecule has 4 nitrogen and oxygen atoms in total. The molecule has 0 fully saturated rings. The number of carboxylic acids is 1. The molecule has 0 aromatic heterocycles. The molecule has 0 aliphatic rings. The third kappa shape index (κ3) is 5.43. The number of anilines is 1. The van der Waals surface area contributed by atoms with E-state index in [9.17, 15) is 4.79 Å². The van der Waals surface area contributed by atoms with E-state index in [4.69, 9.17) is 33.0 Å². The Kier molecular flexibility index (Phi) is 6.68. The summed E-state index contributed by atoms with van der Waals surface area (Å²) >= 11 is 12.6. The maximum absolute atomic E-state index is 11.1. The Morgan fingerprint density at radius 2 is 1.76 bits per heavy atom. The van der Waals surface area contributed by atoms with Crippen LogP contribution in [0.4, 0.5) is 5.69 Å². The van der Waals surface area contributed by atoms with Gasteiger partial charge in [0, 0.05) is 22.8 Å². The molecule has 6 heteroatoms. The van der Waals surface area contributed by atoms with Crippen LogP contribution in [0, 0.1) is 13.8 Å². The van der Waals surface area contributed by atoms with Crippen LogP contribution in [0.2, 0.25) is 10.0 Å². The van der Waals surface area contributed by atoms with Crippen molar-refractivity contribution in [2.24, 2.45) is 0 Å². The smallest absolute Gasteiger partial charge is 0.335 e. The normalized spacial score (nSPS) is 10.6. The SMILES string of the molecule is Cc1ccc(COc2c(Cl)cc(Cl)cc2CNc2ccc(C(=O)O)cc2C)cc1. The third-order valence-corrected chi connectivity index (χ3v) is 5.03. The standard InChI is InChI=1S/C23H21Cl2NO3/c1-14-3-5-16(6-4-14)13-29-22-18(10-19(24)11-20(22)25)12-26-21-8-7-17(23(27)28)9-15(21)2/h3-11,26H,12-13H2,1-2H3,(H,27,28). The van der Waals surface area contributed by atoms with Crippen molar-refractivity contribution in [3.05, 3.63) is 92.5 Å². The Morgan fingerprint density at radius 1 is 1.03 bits per heavy atom. The zero-order valence-corrected chi connectivity index (χ0v) is 17.6. The Balaban J connectivity index is 1.78. The number of halogens is 2. The molecule has 0 bridgehead atoms. The number of aromatic carboxylic acids is 1. The zero-order chi connectivity index (χ0) is 21.0. The second kappa shape index (κ2) is 9.21. The summed E-state index contributed by atoms with van der Waals surface area (Å²) in [5, 5.41) is 13.4. The van der Waals surface area contributed by atoms with Crippen molar-refractivity contribution in [3.63, 3.8) is 0 Å². The number of carbonyl (C=O) groups is 1. The summed E-state index contributed by atoms with van der Waals surface area (Å²) in [7, 11) is 0. The first-order chi connectivity index (χ1) is 13.8. The molecular weight excluding hydrogens is 409 g/mol. The number of rotatable bonds is 7. The lowest BCUT2D eigenvalue weighted by molar-refractivity contribution is 0.0697. The highest BCUT2D eigenvalue weighted by atomic mass is 35.5. The number of carboxylic acid groups (broad SMARTS) is 1. The summed E-state index contributed by atoms with van der Waals surface area (Å²) < 4.78 is 6.01. The number of hydrogen-bond donors (Lipinski definition) is 2. The van der Waals surface area contributed by atoms with Gasteiger partial charge in [0.2, 0.25) is 0 Å². The molecule has 3 aromatic carbocycles. The topological polar surface area (TPSA) is 58.6 Å². The highest BCUT2D eigenvalue weighted by Crippen LogP contribution is 2.34. The molecule has 0 radical (unpaired) electrons. The fourth-order valence-corrected chi connectivity index (χ4v) is 3.52. The van der Waals surface area contributed by atoms with Crippen molar-refractivity contribution in [1.29, 1.82) is 0 Å². The van der Waals surface area contributed by atoms with E-state index in [2.05, 4.69) is 5.32 Å². The van der Waals surface area contributed by atoms with Gasteiger partial charge in [0.1, 0.15) is 12.4 Å². The molecule has 0 aliphatic heterocycles. The van der Waals surface area contributed by atoms with Crippen molar-refractivity contribution in [2.75, 3.05) is 5.32 Å². The monoisotopic (exact) mass is 429 g/mol. The molecule has 150 valence electrons. The van der Waals surface area contributed by atoms with E-state index in [0.29, 0.717) is 28.9 Å². The Hall–Kier alpha value is -2.69. The summed E-state index contributed by atoms with van der Waals surface area (Å²) in [6, 6.07) is 16.5. The minimum Gasteiger partial charge on any atom is -0.487 e. The van der Waals surface area contributed by atoms with Gasteiger partial charge >= 0.3 is 5.97 Å². The number of ether oxygens (including phenoxy) is 1.